The van der Waals surface area contributed by atoms with Crippen LogP contribution in [-0.2, 0) is 0 Å². The van der Waals surface area contributed by atoms with Crippen LogP contribution in [0.4, 0.5) is 0 Å². The second kappa shape index (κ2) is 3.70. The van der Waals surface area contributed by atoms with Crippen LogP contribution >= 0.6 is 0 Å². The Bertz CT molecular complexity index is 333. The Morgan fingerprint density at radius 3 is 2.71 bits per heavy atom. The molecule has 0 aromatic carbocycles. The summed E-state index contributed by atoms with van der Waals surface area (Å²) in [6.45, 7) is 5.39. The van der Waals surface area contributed by atoms with Crippen molar-refractivity contribution in [3.63, 3.8) is 0 Å². The molecule has 2 rings (SSSR count). The zero-order valence-corrected chi connectivity index (χ0v) is 9.25. The van der Waals surface area contributed by atoms with Crippen LogP contribution in [0, 0.1) is 13.8 Å². The minimum atomic E-state index is 0.600. The molecule has 0 N–H and O–H groups in total. The van der Waals surface area contributed by atoms with E-state index >= 15 is 0 Å². The Hall–Kier alpha value is -0.890. The van der Waals surface area contributed by atoms with Crippen LogP contribution in [0.5, 0.6) is 0 Å². The van der Waals surface area contributed by atoms with Gasteiger partial charge in [0.05, 0.1) is 0 Å². The van der Waals surface area contributed by atoms with Crippen LogP contribution in [0.2, 0.25) is 0 Å². The second-order valence-electron chi connectivity index (χ2n) is 4.27. The van der Waals surface area contributed by atoms with Crippen LogP contribution in [0.1, 0.15) is 35.8 Å². The number of likely N-dealkylation sites (tertiary alicyclic amines) is 1. The summed E-state index contributed by atoms with van der Waals surface area (Å²) < 4.78 is 0. The minimum Gasteiger partial charge on any atom is -0.299 e. The Morgan fingerprint density at radius 1 is 1.36 bits per heavy atom. The summed E-state index contributed by atoms with van der Waals surface area (Å²) in [6.07, 6.45) is 2.59. The number of hydrogen-bond acceptors (Lipinski definition) is 2. The first-order valence-corrected chi connectivity index (χ1v) is 5.33. The first kappa shape index (κ1) is 9.66. The summed E-state index contributed by atoms with van der Waals surface area (Å²) in [6, 6.07) is 4.96. The number of nitrogens with zero attached hydrogens (tertiary/aromatic N) is 2. The van der Waals surface area contributed by atoms with E-state index in [1.807, 2.05) is 0 Å². The molecule has 1 aromatic rings. The molecule has 1 fully saturated rings. The summed E-state index contributed by atoms with van der Waals surface area (Å²) >= 11 is 0. The van der Waals surface area contributed by atoms with E-state index in [1.165, 1.54) is 30.6 Å². The predicted molar refractivity (Wildman–Crippen MR) is 58.3 cm³/mol. The maximum Gasteiger partial charge on any atom is 0.0423 e. The standard InChI is InChI=1S/C12H18N2/c1-9-6-7-11(10(2)13-9)12-5-4-8-14(12)3/h6-7,12H,4-5,8H2,1-3H3/t12-/m1/s1. The van der Waals surface area contributed by atoms with Crippen molar-refractivity contribution in [2.75, 3.05) is 13.6 Å². The maximum atomic E-state index is 4.53. The quantitative estimate of drug-likeness (QED) is 0.676. The Kier molecular flexibility index (Phi) is 2.55. The van der Waals surface area contributed by atoms with Crippen molar-refractivity contribution < 1.29 is 0 Å². The molecule has 0 spiro atoms. The summed E-state index contributed by atoms with van der Waals surface area (Å²) in [5.41, 5.74) is 3.73. The SMILES string of the molecule is Cc1ccc([C@H]2CCCN2C)c(C)n1. The van der Waals surface area contributed by atoms with E-state index in [0.717, 1.165) is 5.69 Å². The van der Waals surface area contributed by atoms with E-state index in [9.17, 15) is 0 Å². The van der Waals surface area contributed by atoms with Crippen LogP contribution in [0.3, 0.4) is 0 Å². The van der Waals surface area contributed by atoms with Gasteiger partial charge in [-0.25, -0.2) is 0 Å². The van der Waals surface area contributed by atoms with Gasteiger partial charge in [0, 0.05) is 17.4 Å². The molecule has 0 amide bonds. The van der Waals surface area contributed by atoms with E-state index < -0.39 is 0 Å². The van der Waals surface area contributed by atoms with E-state index in [0.29, 0.717) is 6.04 Å². The van der Waals surface area contributed by atoms with E-state index in [2.05, 4.69) is 42.9 Å². The van der Waals surface area contributed by atoms with Crippen molar-refractivity contribution in [1.29, 1.82) is 0 Å². The lowest BCUT2D eigenvalue weighted by Crippen LogP contribution is -2.18. The molecule has 0 bridgehead atoms. The molecule has 1 aliphatic heterocycles. The predicted octanol–water partition coefficient (Wildman–Crippen LogP) is 2.47. The number of pyridine rings is 1. The van der Waals surface area contributed by atoms with Crippen molar-refractivity contribution >= 4 is 0 Å². The van der Waals surface area contributed by atoms with Crippen LogP contribution in [-0.4, -0.2) is 23.5 Å². The topological polar surface area (TPSA) is 16.1 Å². The van der Waals surface area contributed by atoms with Gasteiger partial charge < -0.3 is 0 Å². The molecule has 1 aliphatic rings. The van der Waals surface area contributed by atoms with E-state index in [4.69, 9.17) is 0 Å². The zero-order valence-electron chi connectivity index (χ0n) is 9.25. The molecule has 0 radical (unpaired) electrons. The average Bonchev–Trinajstić information content (AvgIpc) is 2.52. The molecular formula is C12H18N2. The fraction of sp³-hybridized carbons (Fsp3) is 0.583. The molecule has 2 heterocycles. The summed E-state index contributed by atoms with van der Waals surface area (Å²) in [5, 5.41) is 0. The lowest BCUT2D eigenvalue weighted by molar-refractivity contribution is 0.316. The summed E-state index contributed by atoms with van der Waals surface area (Å²) in [5.74, 6) is 0. The molecule has 2 nitrogen and oxygen atoms in total. The number of aryl methyl sites for hydroxylation is 2. The van der Waals surface area contributed by atoms with Crippen molar-refractivity contribution in [1.82, 2.24) is 9.88 Å². The van der Waals surface area contributed by atoms with Crippen LogP contribution in [0.15, 0.2) is 12.1 Å². The Balaban J connectivity index is 2.31. The lowest BCUT2D eigenvalue weighted by Gasteiger charge is -2.21. The third-order valence-electron chi connectivity index (χ3n) is 3.15. The minimum absolute atomic E-state index is 0.600. The molecule has 0 aliphatic carbocycles. The molecular weight excluding hydrogens is 172 g/mol. The van der Waals surface area contributed by atoms with E-state index in [-0.39, 0.29) is 0 Å². The third-order valence-corrected chi connectivity index (χ3v) is 3.15. The highest BCUT2D eigenvalue weighted by Gasteiger charge is 2.23. The number of aromatic nitrogens is 1. The molecule has 0 unspecified atom stereocenters. The maximum absolute atomic E-state index is 4.53. The smallest absolute Gasteiger partial charge is 0.0423 e. The molecule has 0 saturated carbocycles. The van der Waals surface area contributed by atoms with Crippen molar-refractivity contribution in [2.24, 2.45) is 0 Å². The molecule has 1 aromatic heterocycles. The van der Waals surface area contributed by atoms with Gasteiger partial charge in [0.1, 0.15) is 0 Å². The second-order valence-corrected chi connectivity index (χ2v) is 4.27. The van der Waals surface area contributed by atoms with Crippen molar-refractivity contribution in [3.8, 4) is 0 Å². The highest BCUT2D eigenvalue weighted by atomic mass is 15.1. The molecule has 1 atom stereocenters. The highest BCUT2D eigenvalue weighted by molar-refractivity contribution is 5.25. The number of hydrogen-bond donors (Lipinski definition) is 0. The van der Waals surface area contributed by atoms with Gasteiger partial charge in [-0.1, -0.05) is 6.07 Å². The fourth-order valence-electron chi connectivity index (χ4n) is 2.35. The van der Waals surface area contributed by atoms with Crippen LogP contribution < -0.4 is 0 Å². The van der Waals surface area contributed by atoms with Gasteiger partial charge in [-0.2, -0.15) is 0 Å². The average molecular weight is 190 g/mol. The summed E-state index contributed by atoms with van der Waals surface area (Å²) in [4.78, 5) is 6.96. The zero-order chi connectivity index (χ0) is 10.1. The van der Waals surface area contributed by atoms with Gasteiger partial charge in [-0.3, -0.25) is 9.88 Å². The summed E-state index contributed by atoms with van der Waals surface area (Å²) in [7, 11) is 2.21. The molecule has 2 heteroatoms. The van der Waals surface area contributed by atoms with Gasteiger partial charge in [-0.15, -0.1) is 0 Å². The van der Waals surface area contributed by atoms with Gasteiger partial charge in [0.25, 0.3) is 0 Å². The highest BCUT2D eigenvalue weighted by Crippen LogP contribution is 2.31. The monoisotopic (exact) mass is 190 g/mol. The Labute approximate surface area is 86.0 Å². The largest absolute Gasteiger partial charge is 0.299 e. The van der Waals surface area contributed by atoms with Crippen molar-refractivity contribution in [3.05, 3.63) is 29.1 Å². The first-order chi connectivity index (χ1) is 6.68. The van der Waals surface area contributed by atoms with E-state index in [1.54, 1.807) is 0 Å². The Morgan fingerprint density at radius 2 is 2.14 bits per heavy atom. The number of rotatable bonds is 1. The normalized spacial score (nSPS) is 22.9. The third kappa shape index (κ3) is 1.67. The first-order valence-electron chi connectivity index (χ1n) is 5.33. The molecule has 1 saturated heterocycles. The van der Waals surface area contributed by atoms with Gasteiger partial charge in [-0.05, 0) is 51.9 Å². The van der Waals surface area contributed by atoms with Gasteiger partial charge in [0.2, 0.25) is 0 Å². The lowest BCUT2D eigenvalue weighted by atomic mass is 10.0. The fourth-order valence-corrected chi connectivity index (χ4v) is 2.35. The van der Waals surface area contributed by atoms with Gasteiger partial charge in [0.15, 0.2) is 0 Å². The molecule has 76 valence electrons. The van der Waals surface area contributed by atoms with Crippen molar-refractivity contribution in [2.45, 2.75) is 32.7 Å². The van der Waals surface area contributed by atoms with Gasteiger partial charge >= 0.3 is 0 Å². The van der Waals surface area contributed by atoms with Crippen LogP contribution in [0.25, 0.3) is 0 Å². The molecule has 14 heavy (non-hydrogen) atoms.